The number of hydrogen-bond donors (Lipinski definition) is 2. The minimum Gasteiger partial charge on any atom is -0.388 e. The second kappa shape index (κ2) is 4.97. The molecular formula is C16H23NO2. The molecule has 0 fully saturated rings. The van der Waals surface area contributed by atoms with Crippen LogP contribution in [0.4, 0.5) is 5.69 Å². The van der Waals surface area contributed by atoms with Gasteiger partial charge in [-0.3, -0.25) is 4.79 Å². The summed E-state index contributed by atoms with van der Waals surface area (Å²) in [5.74, 6) is 0.520. The normalized spacial score (nSPS) is 19.7. The molecule has 19 heavy (non-hydrogen) atoms. The summed E-state index contributed by atoms with van der Waals surface area (Å²) in [4.78, 5) is 11.9. The minimum absolute atomic E-state index is 0.0241. The predicted octanol–water partition coefficient (Wildman–Crippen LogP) is 3.39. The number of carbonyl (C=O) groups excluding carboxylic acids is 1. The fraction of sp³-hybridized carbons (Fsp3) is 0.562. The van der Waals surface area contributed by atoms with E-state index in [9.17, 15) is 9.90 Å². The van der Waals surface area contributed by atoms with Crippen LogP contribution in [-0.2, 0) is 10.2 Å². The highest BCUT2D eigenvalue weighted by molar-refractivity contribution is 6.05. The lowest BCUT2D eigenvalue weighted by atomic mass is 9.84. The highest BCUT2D eigenvalue weighted by atomic mass is 16.3. The van der Waals surface area contributed by atoms with Crippen LogP contribution in [-0.4, -0.2) is 11.0 Å². The first-order valence-electron chi connectivity index (χ1n) is 7.00. The number of fused-ring (bicyclic) bond motifs is 1. The highest BCUT2D eigenvalue weighted by Crippen LogP contribution is 2.39. The Morgan fingerprint density at radius 2 is 2.05 bits per heavy atom. The van der Waals surface area contributed by atoms with E-state index in [1.54, 1.807) is 0 Å². The third kappa shape index (κ3) is 2.52. The molecule has 2 atom stereocenters. The highest BCUT2D eigenvalue weighted by Gasteiger charge is 2.38. The molecule has 1 aliphatic heterocycles. The number of nitrogens with one attached hydrogen (secondary N) is 1. The molecule has 0 bridgehead atoms. The maximum absolute atomic E-state index is 11.9. The van der Waals surface area contributed by atoms with Crippen LogP contribution in [0.15, 0.2) is 18.2 Å². The summed E-state index contributed by atoms with van der Waals surface area (Å²) in [5.41, 5.74) is 2.25. The average Bonchev–Trinajstić information content (AvgIpc) is 2.60. The van der Waals surface area contributed by atoms with E-state index >= 15 is 0 Å². The molecule has 1 amide bonds. The number of rotatable bonds is 4. The SMILES string of the molecule is CCC(C)CC(O)c1ccc2c(c1)C(C)(C)C(=O)N2. The van der Waals surface area contributed by atoms with Crippen molar-refractivity contribution >= 4 is 11.6 Å². The van der Waals surface area contributed by atoms with Crippen LogP contribution in [0.5, 0.6) is 0 Å². The number of hydrogen-bond acceptors (Lipinski definition) is 2. The van der Waals surface area contributed by atoms with Gasteiger partial charge in [-0.15, -0.1) is 0 Å². The van der Waals surface area contributed by atoms with Gasteiger partial charge in [0, 0.05) is 5.69 Å². The van der Waals surface area contributed by atoms with Crippen molar-refractivity contribution in [3.05, 3.63) is 29.3 Å². The second-order valence-electron chi connectivity index (χ2n) is 6.15. The molecule has 3 heteroatoms. The molecule has 104 valence electrons. The molecule has 2 rings (SSSR count). The smallest absolute Gasteiger partial charge is 0.234 e. The van der Waals surface area contributed by atoms with Gasteiger partial charge >= 0.3 is 0 Å². The zero-order valence-electron chi connectivity index (χ0n) is 12.2. The van der Waals surface area contributed by atoms with E-state index in [1.807, 2.05) is 32.0 Å². The van der Waals surface area contributed by atoms with Crippen molar-refractivity contribution in [2.24, 2.45) is 5.92 Å². The maximum atomic E-state index is 11.9. The average molecular weight is 261 g/mol. The number of benzene rings is 1. The van der Waals surface area contributed by atoms with Gasteiger partial charge in [0.15, 0.2) is 0 Å². The van der Waals surface area contributed by atoms with E-state index in [0.29, 0.717) is 5.92 Å². The largest absolute Gasteiger partial charge is 0.388 e. The second-order valence-corrected chi connectivity index (χ2v) is 6.15. The summed E-state index contributed by atoms with van der Waals surface area (Å²) in [6.45, 7) is 8.11. The van der Waals surface area contributed by atoms with Gasteiger partial charge in [-0.1, -0.05) is 32.4 Å². The molecule has 0 aromatic heterocycles. The van der Waals surface area contributed by atoms with Crippen molar-refractivity contribution in [2.75, 3.05) is 5.32 Å². The first-order valence-corrected chi connectivity index (χ1v) is 7.00. The van der Waals surface area contributed by atoms with Crippen molar-refractivity contribution in [3.8, 4) is 0 Å². The van der Waals surface area contributed by atoms with Crippen molar-refractivity contribution in [1.82, 2.24) is 0 Å². The van der Waals surface area contributed by atoms with Crippen molar-refractivity contribution in [1.29, 1.82) is 0 Å². The third-order valence-electron chi connectivity index (χ3n) is 4.24. The summed E-state index contributed by atoms with van der Waals surface area (Å²) in [7, 11) is 0. The van der Waals surface area contributed by atoms with Gasteiger partial charge < -0.3 is 10.4 Å². The predicted molar refractivity (Wildman–Crippen MR) is 77.1 cm³/mol. The zero-order valence-corrected chi connectivity index (χ0v) is 12.2. The molecule has 3 nitrogen and oxygen atoms in total. The standard InChI is InChI=1S/C16H23NO2/c1-5-10(2)8-14(18)11-6-7-13-12(9-11)16(3,4)15(19)17-13/h6-7,9-10,14,18H,5,8H2,1-4H3,(H,17,19). The van der Waals surface area contributed by atoms with E-state index in [0.717, 1.165) is 29.7 Å². The lowest BCUT2D eigenvalue weighted by molar-refractivity contribution is -0.119. The number of aliphatic hydroxyl groups excluding tert-OH is 1. The Balaban J connectivity index is 2.27. The van der Waals surface area contributed by atoms with E-state index in [1.165, 1.54) is 0 Å². The summed E-state index contributed by atoms with van der Waals surface area (Å²) < 4.78 is 0. The van der Waals surface area contributed by atoms with E-state index < -0.39 is 11.5 Å². The number of amides is 1. The van der Waals surface area contributed by atoms with E-state index in [-0.39, 0.29) is 5.91 Å². The van der Waals surface area contributed by atoms with Crippen LogP contribution >= 0.6 is 0 Å². The van der Waals surface area contributed by atoms with Gasteiger partial charge in [0.05, 0.1) is 11.5 Å². The van der Waals surface area contributed by atoms with E-state index in [4.69, 9.17) is 0 Å². The fourth-order valence-electron chi connectivity index (χ4n) is 2.48. The molecule has 1 aliphatic rings. The first kappa shape index (κ1) is 14.1. The topological polar surface area (TPSA) is 49.3 Å². The maximum Gasteiger partial charge on any atom is 0.234 e. The van der Waals surface area contributed by atoms with Crippen molar-refractivity contribution < 1.29 is 9.90 Å². The molecule has 2 N–H and O–H groups in total. The molecular weight excluding hydrogens is 238 g/mol. The first-order chi connectivity index (χ1) is 8.86. The van der Waals surface area contributed by atoms with Crippen molar-refractivity contribution in [2.45, 2.75) is 52.1 Å². The van der Waals surface area contributed by atoms with Crippen LogP contribution in [0.3, 0.4) is 0 Å². The molecule has 0 saturated carbocycles. The van der Waals surface area contributed by atoms with Crippen LogP contribution in [0.1, 0.15) is 57.8 Å². The summed E-state index contributed by atoms with van der Waals surface area (Å²) in [6.07, 6.45) is 1.37. The third-order valence-corrected chi connectivity index (χ3v) is 4.24. The van der Waals surface area contributed by atoms with Crippen LogP contribution in [0.2, 0.25) is 0 Å². The van der Waals surface area contributed by atoms with Gasteiger partial charge in [0.2, 0.25) is 5.91 Å². The molecule has 1 aromatic carbocycles. The Kier molecular flexibility index (Phi) is 3.68. The zero-order chi connectivity index (χ0) is 14.2. The van der Waals surface area contributed by atoms with Gasteiger partial charge in [-0.2, -0.15) is 0 Å². The van der Waals surface area contributed by atoms with Crippen LogP contribution < -0.4 is 5.32 Å². The Morgan fingerprint density at radius 3 is 2.68 bits per heavy atom. The fourth-order valence-corrected chi connectivity index (χ4v) is 2.48. The number of anilines is 1. The molecule has 0 aliphatic carbocycles. The van der Waals surface area contributed by atoms with Crippen LogP contribution in [0, 0.1) is 5.92 Å². The Labute approximate surface area is 115 Å². The minimum atomic E-state index is -0.512. The summed E-state index contributed by atoms with van der Waals surface area (Å²) in [5, 5.41) is 13.2. The quantitative estimate of drug-likeness (QED) is 0.873. The molecule has 1 heterocycles. The summed E-state index contributed by atoms with van der Waals surface area (Å²) >= 11 is 0. The Morgan fingerprint density at radius 1 is 1.37 bits per heavy atom. The lowest BCUT2D eigenvalue weighted by Crippen LogP contribution is -2.26. The van der Waals surface area contributed by atoms with Gasteiger partial charge in [0.1, 0.15) is 0 Å². The Hall–Kier alpha value is -1.35. The summed E-state index contributed by atoms with van der Waals surface area (Å²) in [6, 6.07) is 5.78. The van der Waals surface area contributed by atoms with E-state index in [2.05, 4.69) is 19.2 Å². The van der Waals surface area contributed by atoms with Crippen LogP contribution in [0.25, 0.3) is 0 Å². The Bertz CT molecular complexity index is 494. The molecule has 0 saturated heterocycles. The molecule has 0 spiro atoms. The molecule has 0 radical (unpaired) electrons. The van der Waals surface area contributed by atoms with Crippen molar-refractivity contribution in [3.63, 3.8) is 0 Å². The monoisotopic (exact) mass is 261 g/mol. The number of aliphatic hydroxyl groups is 1. The molecule has 2 unspecified atom stereocenters. The van der Waals surface area contributed by atoms with Gasteiger partial charge in [-0.25, -0.2) is 0 Å². The lowest BCUT2D eigenvalue weighted by Gasteiger charge is -2.19. The van der Waals surface area contributed by atoms with Gasteiger partial charge in [0.25, 0.3) is 0 Å². The molecule has 1 aromatic rings. The van der Waals surface area contributed by atoms with Gasteiger partial charge in [-0.05, 0) is 43.4 Å². The number of carbonyl (C=O) groups is 1.